The van der Waals surface area contributed by atoms with Gasteiger partial charge in [0.2, 0.25) is 5.91 Å². The van der Waals surface area contributed by atoms with Gasteiger partial charge in [-0.3, -0.25) is 4.79 Å². The Hall–Kier alpha value is -3.22. The molecule has 160 valence electrons. The zero-order chi connectivity index (χ0) is 21.5. The molecule has 0 bridgehead atoms. The second kappa shape index (κ2) is 10.0. The van der Waals surface area contributed by atoms with Gasteiger partial charge in [0.25, 0.3) is 0 Å². The Morgan fingerprint density at radius 1 is 1.10 bits per heavy atom. The van der Waals surface area contributed by atoms with Gasteiger partial charge >= 0.3 is 6.03 Å². The van der Waals surface area contributed by atoms with Crippen molar-refractivity contribution in [3.63, 3.8) is 0 Å². The standard InChI is InChI=1S/C23H29N3O4/c1-4-22(27)25-18-12-10-17(11-13-18)16(3)24-23(28)26(5-2)14-19-15-29-20-8-6-7-9-21(20)30-19/h6-13,16,19H,4-5,14-15H2,1-3H3,(H,24,28)(H,25,27). The fourth-order valence-corrected chi connectivity index (χ4v) is 3.22. The van der Waals surface area contributed by atoms with Crippen LogP contribution >= 0.6 is 0 Å². The number of carbonyl (C=O) groups excluding carboxylic acids is 2. The Kier molecular flexibility index (Phi) is 7.17. The first-order valence-electron chi connectivity index (χ1n) is 10.3. The lowest BCUT2D eigenvalue weighted by Gasteiger charge is -2.31. The molecule has 0 radical (unpaired) electrons. The van der Waals surface area contributed by atoms with Crippen LogP contribution in [0.3, 0.4) is 0 Å². The summed E-state index contributed by atoms with van der Waals surface area (Å²) in [6.07, 6.45) is 0.213. The first-order chi connectivity index (χ1) is 14.5. The van der Waals surface area contributed by atoms with Gasteiger partial charge in [0.15, 0.2) is 17.6 Å². The van der Waals surface area contributed by atoms with Gasteiger partial charge in [-0.25, -0.2) is 4.79 Å². The van der Waals surface area contributed by atoms with Crippen LogP contribution in [0, 0.1) is 0 Å². The molecular weight excluding hydrogens is 382 g/mol. The Labute approximate surface area is 177 Å². The van der Waals surface area contributed by atoms with Crippen molar-refractivity contribution in [1.82, 2.24) is 10.2 Å². The second-order valence-electron chi connectivity index (χ2n) is 7.23. The van der Waals surface area contributed by atoms with Crippen LogP contribution in [0.1, 0.15) is 38.8 Å². The van der Waals surface area contributed by atoms with Crippen molar-refractivity contribution < 1.29 is 19.1 Å². The highest BCUT2D eigenvalue weighted by Gasteiger charge is 2.25. The molecule has 0 saturated heterocycles. The number of anilines is 1. The van der Waals surface area contributed by atoms with Gasteiger partial charge < -0.3 is 25.0 Å². The van der Waals surface area contributed by atoms with Gasteiger partial charge in [0.1, 0.15) is 6.61 Å². The first kappa shape index (κ1) is 21.5. The van der Waals surface area contributed by atoms with Crippen LogP contribution in [0.15, 0.2) is 48.5 Å². The van der Waals surface area contributed by atoms with Crippen LogP contribution in [-0.2, 0) is 4.79 Å². The van der Waals surface area contributed by atoms with Crippen molar-refractivity contribution in [2.75, 3.05) is 25.0 Å². The molecule has 2 N–H and O–H groups in total. The molecule has 1 aliphatic heterocycles. The number of likely N-dealkylation sites (N-methyl/N-ethyl adjacent to an activating group) is 1. The summed E-state index contributed by atoms with van der Waals surface area (Å²) in [5, 5.41) is 5.85. The summed E-state index contributed by atoms with van der Waals surface area (Å²) in [5.74, 6) is 1.40. The molecule has 3 rings (SSSR count). The number of ether oxygens (including phenoxy) is 2. The number of carbonyl (C=O) groups is 2. The van der Waals surface area contributed by atoms with Crippen molar-refractivity contribution in [1.29, 1.82) is 0 Å². The highest BCUT2D eigenvalue weighted by molar-refractivity contribution is 5.90. The lowest BCUT2D eigenvalue weighted by Crippen LogP contribution is -2.47. The number of para-hydroxylation sites is 2. The van der Waals surface area contributed by atoms with Crippen LogP contribution < -0.4 is 20.1 Å². The van der Waals surface area contributed by atoms with Gasteiger partial charge in [-0.05, 0) is 43.7 Å². The largest absolute Gasteiger partial charge is 0.486 e. The molecule has 0 spiro atoms. The molecule has 1 aliphatic rings. The quantitative estimate of drug-likeness (QED) is 0.723. The van der Waals surface area contributed by atoms with Crippen LogP contribution in [0.5, 0.6) is 11.5 Å². The lowest BCUT2D eigenvalue weighted by molar-refractivity contribution is -0.115. The summed E-state index contributed by atoms with van der Waals surface area (Å²) in [5.41, 5.74) is 1.70. The average molecular weight is 412 g/mol. The number of fused-ring (bicyclic) bond motifs is 1. The second-order valence-corrected chi connectivity index (χ2v) is 7.23. The van der Waals surface area contributed by atoms with Gasteiger partial charge in [0, 0.05) is 18.7 Å². The Balaban J connectivity index is 1.55. The number of benzene rings is 2. The third-order valence-corrected chi connectivity index (χ3v) is 5.02. The van der Waals surface area contributed by atoms with Gasteiger partial charge in [-0.2, -0.15) is 0 Å². The lowest BCUT2D eigenvalue weighted by atomic mass is 10.1. The minimum absolute atomic E-state index is 0.0285. The molecule has 7 nitrogen and oxygen atoms in total. The van der Waals surface area contributed by atoms with E-state index in [1.807, 2.05) is 69.3 Å². The molecule has 2 aromatic carbocycles. The molecule has 2 atom stereocenters. The maximum Gasteiger partial charge on any atom is 0.317 e. The fraction of sp³-hybridized carbons (Fsp3) is 0.391. The van der Waals surface area contributed by atoms with Crippen molar-refractivity contribution in [2.24, 2.45) is 0 Å². The number of rotatable bonds is 7. The van der Waals surface area contributed by atoms with Gasteiger partial charge in [-0.1, -0.05) is 31.2 Å². The summed E-state index contributed by atoms with van der Waals surface area (Å²) in [4.78, 5) is 26.0. The fourth-order valence-electron chi connectivity index (χ4n) is 3.22. The SMILES string of the molecule is CCC(=O)Nc1ccc(C(C)NC(=O)N(CC)CC2COc3ccccc3O2)cc1. The third-order valence-electron chi connectivity index (χ3n) is 5.02. The van der Waals surface area contributed by atoms with E-state index in [4.69, 9.17) is 9.47 Å². The summed E-state index contributed by atoms with van der Waals surface area (Å²) < 4.78 is 11.7. The van der Waals surface area contributed by atoms with Crippen LogP contribution in [0.25, 0.3) is 0 Å². The molecular formula is C23H29N3O4. The Bertz CT molecular complexity index is 869. The predicted molar refractivity (Wildman–Crippen MR) is 116 cm³/mol. The van der Waals surface area contributed by atoms with Crippen molar-refractivity contribution in [2.45, 2.75) is 39.3 Å². The smallest absolute Gasteiger partial charge is 0.317 e. The maximum absolute atomic E-state index is 12.8. The Morgan fingerprint density at radius 3 is 2.47 bits per heavy atom. The van der Waals surface area contributed by atoms with E-state index >= 15 is 0 Å². The predicted octanol–water partition coefficient (Wildman–Crippen LogP) is 3.97. The van der Waals surface area contributed by atoms with Crippen molar-refractivity contribution in [3.8, 4) is 11.5 Å². The van der Waals surface area contributed by atoms with E-state index in [2.05, 4.69) is 10.6 Å². The normalized spacial score (nSPS) is 15.8. The molecule has 0 aliphatic carbocycles. The van der Waals surface area contributed by atoms with E-state index in [0.29, 0.717) is 31.9 Å². The molecule has 3 amide bonds. The molecule has 1 heterocycles. The van der Waals surface area contributed by atoms with Crippen molar-refractivity contribution in [3.05, 3.63) is 54.1 Å². The number of amides is 3. The molecule has 7 heteroatoms. The average Bonchev–Trinajstić information content (AvgIpc) is 2.77. The zero-order valence-corrected chi connectivity index (χ0v) is 17.7. The molecule has 0 saturated carbocycles. The number of nitrogens with zero attached hydrogens (tertiary/aromatic N) is 1. The van der Waals surface area contributed by atoms with Gasteiger partial charge in [-0.15, -0.1) is 0 Å². The molecule has 2 unspecified atom stereocenters. The van der Waals surface area contributed by atoms with E-state index < -0.39 is 0 Å². The first-order valence-corrected chi connectivity index (χ1v) is 10.3. The van der Waals surface area contributed by atoms with Crippen LogP contribution in [0.4, 0.5) is 10.5 Å². The minimum atomic E-state index is -0.220. The molecule has 0 aromatic heterocycles. The van der Waals surface area contributed by atoms with Crippen LogP contribution in [0.2, 0.25) is 0 Å². The van der Waals surface area contributed by atoms with Crippen molar-refractivity contribution >= 4 is 17.6 Å². The van der Waals surface area contributed by atoms with E-state index in [-0.39, 0.29) is 24.1 Å². The summed E-state index contributed by atoms with van der Waals surface area (Å²) >= 11 is 0. The third kappa shape index (κ3) is 5.43. The maximum atomic E-state index is 12.8. The molecule has 0 fully saturated rings. The van der Waals surface area contributed by atoms with E-state index in [9.17, 15) is 9.59 Å². The van der Waals surface area contributed by atoms with E-state index in [1.54, 1.807) is 4.90 Å². The highest BCUT2D eigenvalue weighted by atomic mass is 16.6. The monoisotopic (exact) mass is 411 g/mol. The number of hydrogen-bond acceptors (Lipinski definition) is 4. The Morgan fingerprint density at radius 2 is 1.80 bits per heavy atom. The van der Waals surface area contributed by atoms with Gasteiger partial charge in [0.05, 0.1) is 12.6 Å². The molecule has 30 heavy (non-hydrogen) atoms. The minimum Gasteiger partial charge on any atom is -0.486 e. The highest BCUT2D eigenvalue weighted by Crippen LogP contribution is 2.31. The van der Waals surface area contributed by atoms with Crippen LogP contribution in [-0.4, -0.2) is 42.6 Å². The topological polar surface area (TPSA) is 79.9 Å². The summed E-state index contributed by atoms with van der Waals surface area (Å²) in [6.45, 7) is 7.08. The zero-order valence-electron chi connectivity index (χ0n) is 17.7. The number of hydrogen-bond donors (Lipinski definition) is 2. The number of nitrogens with one attached hydrogen (secondary N) is 2. The number of urea groups is 1. The molecule has 2 aromatic rings. The van der Waals surface area contributed by atoms with E-state index in [1.165, 1.54) is 0 Å². The summed E-state index contributed by atoms with van der Waals surface area (Å²) in [6, 6.07) is 14.7. The summed E-state index contributed by atoms with van der Waals surface area (Å²) in [7, 11) is 0. The van der Waals surface area contributed by atoms with E-state index in [0.717, 1.165) is 17.0 Å².